The summed E-state index contributed by atoms with van der Waals surface area (Å²) in [4.78, 5) is 14.4. The molecule has 3 rings (SSSR count). The third-order valence-corrected chi connectivity index (χ3v) is 4.61. The van der Waals surface area contributed by atoms with Crippen molar-refractivity contribution < 1.29 is 9.53 Å². The first-order chi connectivity index (χ1) is 11.1. The fraction of sp³-hybridized carbons (Fsp3) is 0.375. The van der Waals surface area contributed by atoms with Crippen molar-refractivity contribution in [3.05, 3.63) is 51.8 Å². The molecule has 0 spiro atoms. The molecule has 2 aromatic rings. The van der Waals surface area contributed by atoms with Gasteiger partial charge in [-0.2, -0.15) is 5.10 Å². The van der Waals surface area contributed by atoms with Crippen LogP contribution in [0.5, 0.6) is 0 Å². The second kappa shape index (κ2) is 6.91. The highest BCUT2D eigenvalue weighted by Gasteiger charge is 2.27. The maximum Gasteiger partial charge on any atom is 0.257 e. The Hall–Kier alpha value is -1.56. The Morgan fingerprint density at radius 2 is 2.22 bits per heavy atom. The van der Waals surface area contributed by atoms with Crippen LogP contribution >= 0.6 is 23.2 Å². The molecule has 1 aliphatic heterocycles. The molecule has 1 saturated heterocycles. The molecule has 122 valence electrons. The third kappa shape index (κ3) is 3.52. The topological polar surface area (TPSA) is 47.4 Å². The molecule has 0 N–H and O–H groups in total. The second-order valence-corrected chi connectivity index (χ2v) is 6.18. The van der Waals surface area contributed by atoms with Crippen LogP contribution in [0.1, 0.15) is 28.9 Å². The zero-order chi connectivity index (χ0) is 16.4. The maximum atomic E-state index is 12.6. The Morgan fingerprint density at radius 3 is 2.91 bits per heavy atom. The summed E-state index contributed by atoms with van der Waals surface area (Å²) in [6.07, 6.45) is 3.17. The Labute approximate surface area is 144 Å². The zero-order valence-corrected chi connectivity index (χ0v) is 14.2. The fourth-order valence-corrected chi connectivity index (χ4v) is 2.88. The molecule has 0 bridgehead atoms. The van der Waals surface area contributed by atoms with Gasteiger partial charge in [0.25, 0.3) is 5.91 Å². The molecular weight excluding hydrogens is 337 g/mol. The van der Waals surface area contributed by atoms with Crippen LogP contribution in [0.25, 0.3) is 0 Å². The quantitative estimate of drug-likeness (QED) is 0.849. The van der Waals surface area contributed by atoms with Gasteiger partial charge in [0.1, 0.15) is 6.10 Å². The van der Waals surface area contributed by atoms with Gasteiger partial charge in [-0.3, -0.25) is 9.48 Å². The van der Waals surface area contributed by atoms with Crippen molar-refractivity contribution in [2.24, 2.45) is 0 Å². The van der Waals surface area contributed by atoms with Crippen LogP contribution < -0.4 is 0 Å². The first-order valence-corrected chi connectivity index (χ1v) is 8.22. The first-order valence-electron chi connectivity index (χ1n) is 7.46. The van der Waals surface area contributed by atoms with Gasteiger partial charge < -0.3 is 9.64 Å². The van der Waals surface area contributed by atoms with Crippen LogP contribution in [-0.2, 0) is 11.3 Å². The third-order valence-electron chi connectivity index (χ3n) is 3.87. The van der Waals surface area contributed by atoms with Gasteiger partial charge in [-0.05, 0) is 24.6 Å². The highest BCUT2D eigenvalue weighted by molar-refractivity contribution is 6.42. The number of rotatable bonds is 3. The summed E-state index contributed by atoms with van der Waals surface area (Å²) >= 11 is 12.0. The minimum absolute atomic E-state index is 0.0296. The van der Waals surface area contributed by atoms with Gasteiger partial charge in [-0.1, -0.05) is 29.3 Å². The Bertz CT molecular complexity index is 717. The van der Waals surface area contributed by atoms with Crippen molar-refractivity contribution in [3.63, 3.8) is 0 Å². The van der Waals surface area contributed by atoms with Crippen LogP contribution in [0.2, 0.25) is 10.0 Å². The summed E-state index contributed by atoms with van der Waals surface area (Å²) < 4.78 is 7.53. The molecular formula is C16H17Cl2N3O2. The van der Waals surface area contributed by atoms with Crippen LogP contribution in [-0.4, -0.2) is 40.3 Å². The lowest BCUT2D eigenvalue weighted by Gasteiger charge is -2.33. The van der Waals surface area contributed by atoms with E-state index in [1.807, 2.05) is 13.0 Å². The number of aromatic nitrogens is 2. The van der Waals surface area contributed by atoms with Crippen molar-refractivity contribution in [2.45, 2.75) is 19.6 Å². The first kappa shape index (κ1) is 16.3. The lowest BCUT2D eigenvalue weighted by molar-refractivity contribution is -0.0228. The monoisotopic (exact) mass is 353 g/mol. The zero-order valence-electron chi connectivity index (χ0n) is 12.7. The minimum Gasteiger partial charge on any atom is -0.370 e. The highest BCUT2D eigenvalue weighted by atomic mass is 35.5. The number of benzene rings is 1. The van der Waals surface area contributed by atoms with Crippen molar-refractivity contribution >= 4 is 29.1 Å². The molecule has 5 nitrogen and oxygen atoms in total. The van der Waals surface area contributed by atoms with E-state index in [0.29, 0.717) is 35.3 Å². The molecule has 0 radical (unpaired) electrons. The van der Waals surface area contributed by atoms with Gasteiger partial charge in [0, 0.05) is 19.3 Å². The van der Waals surface area contributed by atoms with Crippen molar-refractivity contribution in [1.29, 1.82) is 0 Å². The average molecular weight is 354 g/mol. The molecule has 1 aromatic heterocycles. The van der Waals surface area contributed by atoms with Gasteiger partial charge in [0.05, 0.1) is 35.0 Å². The molecule has 0 saturated carbocycles. The number of morpholine rings is 1. The lowest BCUT2D eigenvalue weighted by Crippen LogP contribution is -2.42. The highest BCUT2D eigenvalue weighted by Crippen LogP contribution is 2.29. The summed E-state index contributed by atoms with van der Waals surface area (Å²) in [7, 11) is 0. The number of ether oxygens (including phenoxy) is 1. The minimum atomic E-state index is -0.205. The number of hydrogen-bond acceptors (Lipinski definition) is 3. The smallest absolute Gasteiger partial charge is 0.257 e. The van der Waals surface area contributed by atoms with E-state index in [4.69, 9.17) is 27.9 Å². The summed E-state index contributed by atoms with van der Waals surface area (Å²) in [6.45, 7) is 4.25. The number of nitrogens with zero attached hydrogens (tertiary/aromatic N) is 3. The summed E-state index contributed by atoms with van der Waals surface area (Å²) in [5, 5.41) is 5.15. The van der Waals surface area contributed by atoms with E-state index in [1.54, 1.807) is 34.1 Å². The predicted octanol–water partition coefficient (Wildman–Crippen LogP) is 3.42. The fourth-order valence-electron chi connectivity index (χ4n) is 2.58. The average Bonchev–Trinajstić information content (AvgIpc) is 3.06. The molecule has 1 aromatic carbocycles. The van der Waals surface area contributed by atoms with Gasteiger partial charge in [0.2, 0.25) is 0 Å². The van der Waals surface area contributed by atoms with Crippen LogP contribution in [0.15, 0.2) is 30.6 Å². The lowest BCUT2D eigenvalue weighted by atomic mass is 10.1. The van der Waals surface area contributed by atoms with Crippen molar-refractivity contribution in [1.82, 2.24) is 14.7 Å². The normalized spacial score (nSPS) is 18.2. The summed E-state index contributed by atoms with van der Waals surface area (Å²) in [6, 6.07) is 5.41. The van der Waals surface area contributed by atoms with E-state index in [9.17, 15) is 4.79 Å². The van der Waals surface area contributed by atoms with Crippen LogP contribution in [0.3, 0.4) is 0 Å². The molecule has 1 atom stereocenters. The SMILES string of the molecule is CCn1cc(C(=O)N2CCO[C@@H](c3ccc(Cl)c(Cl)c3)C2)cn1. The molecule has 0 aliphatic carbocycles. The molecule has 1 fully saturated rings. The Morgan fingerprint density at radius 1 is 1.39 bits per heavy atom. The summed E-state index contributed by atoms with van der Waals surface area (Å²) in [5.74, 6) is -0.0296. The van der Waals surface area contributed by atoms with E-state index < -0.39 is 0 Å². The molecule has 23 heavy (non-hydrogen) atoms. The van der Waals surface area contributed by atoms with E-state index in [-0.39, 0.29) is 12.0 Å². The second-order valence-electron chi connectivity index (χ2n) is 5.37. The van der Waals surface area contributed by atoms with E-state index >= 15 is 0 Å². The number of amides is 1. The van der Waals surface area contributed by atoms with Crippen molar-refractivity contribution in [2.75, 3.05) is 19.7 Å². The molecule has 2 heterocycles. The molecule has 1 amide bonds. The van der Waals surface area contributed by atoms with E-state index in [2.05, 4.69) is 5.10 Å². The number of carbonyl (C=O) groups excluding carboxylic acids is 1. The number of halogens is 2. The summed E-state index contributed by atoms with van der Waals surface area (Å²) in [5.41, 5.74) is 1.52. The van der Waals surface area contributed by atoms with Crippen molar-refractivity contribution in [3.8, 4) is 0 Å². The standard InChI is InChI=1S/C16H17Cl2N3O2/c1-2-21-9-12(8-19-21)16(22)20-5-6-23-15(10-20)11-3-4-13(17)14(18)7-11/h3-4,7-9,15H,2,5-6,10H2,1H3/t15-/m1/s1. The van der Waals surface area contributed by atoms with Crippen LogP contribution in [0, 0.1) is 0 Å². The molecule has 7 heteroatoms. The molecule has 0 unspecified atom stereocenters. The predicted molar refractivity (Wildman–Crippen MR) is 89.0 cm³/mol. The Balaban J connectivity index is 1.74. The number of aryl methyl sites for hydroxylation is 1. The Kier molecular flexibility index (Phi) is 4.90. The van der Waals surface area contributed by atoms with E-state index in [0.717, 1.165) is 12.1 Å². The van der Waals surface area contributed by atoms with E-state index in [1.165, 1.54) is 0 Å². The van der Waals surface area contributed by atoms with Gasteiger partial charge in [-0.15, -0.1) is 0 Å². The largest absolute Gasteiger partial charge is 0.370 e. The molecule has 1 aliphatic rings. The van der Waals surface area contributed by atoms with Gasteiger partial charge in [-0.25, -0.2) is 0 Å². The van der Waals surface area contributed by atoms with Gasteiger partial charge in [0.15, 0.2) is 0 Å². The number of carbonyl (C=O) groups is 1. The van der Waals surface area contributed by atoms with Crippen LogP contribution in [0.4, 0.5) is 0 Å². The maximum absolute atomic E-state index is 12.6. The number of hydrogen-bond donors (Lipinski definition) is 0. The van der Waals surface area contributed by atoms with Gasteiger partial charge >= 0.3 is 0 Å².